The Morgan fingerprint density at radius 2 is 1.86 bits per heavy atom. The average Bonchev–Trinajstić information content (AvgIpc) is 2.94. The van der Waals surface area contributed by atoms with Crippen LogP contribution in [-0.2, 0) is 0 Å². The van der Waals surface area contributed by atoms with Crippen LogP contribution in [0.2, 0.25) is 0 Å². The number of anilines is 1. The van der Waals surface area contributed by atoms with Crippen molar-refractivity contribution < 1.29 is 0 Å². The largest absolute Gasteiger partial charge is 0.371 e. The van der Waals surface area contributed by atoms with E-state index in [0.717, 1.165) is 28.1 Å². The zero-order chi connectivity index (χ0) is 14.8. The van der Waals surface area contributed by atoms with Gasteiger partial charge in [-0.25, -0.2) is 4.98 Å². The molecule has 21 heavy (non-hydrogen) atoms. The van der Waals surface area contributed by atoms with Crippen LogP contribution in [0.3, 0.4) is 0 Å². The number of aromatic nitrogens is 1. The second kappa shape index (κ2) is 6.16. The summed E-state index contributed by atoms with van der Waals surface area (Å²) in [5, 5.41) is 1.07. The van der Waals surface area contributed by atoms with Crippen molar-refractivity contribution in [1.29, 1.82) is 0 Å². The lowest BCUT2D eigenvalue weighted by atomic mass is 10.2. The van der Waals surface area contributed by atoms with Gasteiger partial charge in [-0.3, -0.25) is 0 Å². The van der Waals surface area contributed by atoms with Crippen LogP contribution in [-0.4, -0.2) is 18.1 Å². The molecular formula is C17H17BrN2S. The quantitative estimate of drug-likeness (QED) is 0.604. The highest BCUT2D eigenvalue weighted by Crippen LogP contribution is 2.35. The van der Waals surface area contributed by atoms with Gasteiger partial charge in [-0.1, -0.05) is 12.1 Å². The second-order valence-electron chi connectivity index (χ2n) is 4.83. The van der Waals surface area contributed by atoms with Crippen LogP contribution in [0.15, 0.2) is 46.9 Å². The van der Waals surface area contributed by atoms with Crippen LogP contribution >= 0.6 is 27.3 Å². The van der Waals surface area contributed by atoms with Crippen molar-refractivity contribution in [2.45, 2.75) is 13.8 Å². The van der Waals surface area contributed by atoms with Crippen LogP contribution in [0.1, 0.15) is 13.8 Å². The van der Waals surface area contributed by atoms with Gasteiger partial charge in [-0.2, -0.15) is 0 Å². The number of halogens is 1. The maximum atomic E-state index is 4.72. The zero-order valence-electron chi connectivity index (χ0n) is 12.1. The lowest BCUT2D eigenvalue weighted by Crippen LogP contribution is -2.22. The number of hydrogen-bond donors (Lipinski definition) is 0. The maximum Gasteiger partial charge on any atom is 0.124 e. The van der Waals surface area contributed by atoms with Gasteiger partial charge >= 0.3 is 0 Å². The van der Waals surface area contributed by atoms with E-state index in [1.807, 2.05) is 6.07 Å². The fraction of sp³-hybridized carbons (Fsp3) is 0.235. The molecule has 4 heteroatoms. The summed E-state index contributed by atoms with van der Waals surface area (Å²) < 4.78 is 2.36. The Hall–Kier alpha value is -1.39. The fourth-order valence-electron chi connectivity index (χ4n) is 2.46. The molecule has 0 spiro atoms. The molecule has 3 rings (SSSR count). The monoisotopic (exact) mass is 360 g/mol. The third-order valence-corrected chi connectivity index (χ3v) is 5.31. The van der Waals surface area contributed by atoms with Gasteiger partial charge in [0.15, 0.2) is 0 Å². The summed E-state index contributed by atoms with van der Waals surface area (Å²) >= 11 is 5.44. The predicted octanol–water partition coefficient (Wildman–Crippen LogP) is 5.57. The molecule has 1 heterocycles. The Balaban J connectivity index is 2.01. The molecule has 1 aromatic heterocycles. The molecule has 0 atom stereocenters. The predicted molar refractivity (Wildman–Crippen MR) is 96.3 cm³/mol. The van der Waals surface area contributed by atoms with Crippen LogP contribution in [0.25, 0.3) is 20.8 Å². The van der Waals surface area contributed by atoms with Crippen LogP contribution in [0.5, 0.6) is 0 Å². The van der Waals surface area contributed by atoms with Crippen molar-refractivity contribution in [1.82, 2.24) is 4.98 Å². The van der Waals surface area contributed by atoms with Gasteiger partial charge in [0.25, 0.3) is 0 Å². The van der Waals surface area contributed by atoms with E-state index in [2.05, 4.69) is 71.1 Å². The van der Waals surface area contributed by atoms with E-state index in [0.29, 0.717) is 0 Å². The van der Waals surface area contributed by atoms with Gasteiger partial charge in [0.1, 0.15) is 5.01 Å². The number of nitrogens with zero attached hydrogens (tertiary/aromatic N) is 2. The minimum Gasteiger partial charge on any atom is -0.371 e. The molecular weight excluding hydrogens is 344 g/mol. The number of para-hydroxylation sites is 1. The number of fused-ring (bicyclic) bond motifs is 1. The lowest BCUT2D eigenvalue weighted by molar-refractivity contribution is 0.864. The molecule has 108 valence electrons. The third-order valence-electron chi connectivity index (χ3n) is 3.59. The van der Waals surface area contributed by atoms with Crippen molar-refractivity contribution in [3.05, 3.63) is 46.9 Å². The van der Waals surface area contributed by atoms with Crippen LogP contribution < -0.4 is 4.90 Å². The molecule has 0 amide bonds. The molecule has 0 bridgehead atoms. The molecule has 0 unspecified atom stereocenters. The maximum absolute atomic E-state index is 4.72. The van der Waals surface area contributed by atoms with E-state index in [9.17, 15) is 0 Å². The van der Waals surface area contributed by atoms with E-state index < -0.39 is 0 Å². The van der Waals surface area contributed by atoms with Crippen LogP contribution in [0, 0.1) is 0 Å². The Kier molecular flexibility index (Phi) is 4.27. The summed E-state index contributed by atoms with van der Waals surface area (Å²) in [6.45, 7) is 6.37. The summed E-state index contributed by atoms with van der Waals surface area (Å²) in [5.74, 6) is 0. The van der Waals surface area contributed by atoms with Crippen molar-refractivity contribution in [3.8, 4) is 10.6 Å². The normalized spacial score (nSPS) is 11.0. The van der Waals surface area contributed by atoms with E-state index in [1.54, 1.807) is 11.3 Å². The molecule has 0 saturated heterocycles. The molecule has 2 aromatic carbocycles. The highest BCUT2D eigenvalue weighted by molar-refractivity contribution is 9.10. The summed E-state index contributed by atoms with van der Waals surface area (Å²) in [6.07, 6.45) is 0. The molecule has 0 N–H and O–H groups in total. The standard InChI is InChI=1S/C17H17BrN2S/c1-3-20(4-2)15-10-9-12(11-13(15)18)17-19-14-7-5-6-8-16(14)21-17/h5-11H,3-4H2,1-2H3. The number of thiazole rings is 1. The number of hydrogen-bond acceptors (Lipinski definition) is 3. The van der Waals surface area contributed by atoms with Gasteiger partial charge in [0.2, 0.25) is 0 Å². The molecule has 3 aromatic rings. The minimum atomic E-state index is 1.01. The number of rotatable bonds is 4. The third kappa shape index (κ3) is 2.83. The molecule has 0 aliphatic heterocycles. The Morgan fingerprint density at radius 1 is 1.10 bits per heavy atom. The van der Waals surface area contributed by atoms with E-state index >= 15 is 0 Å². The average molecular weight is 361 g/mol. The first-order valence-corrected chi connectivity index (χ1v) is 8.74. The van der Waals surface area contributed by atoms with Crippen molar-refractivity contribution in [3.63, 3.8) is 0 Å². The van der Waals surface area contributed by atoms with Crippen molar-refractivity contribution in [2.75, 3.05) is 18.0 Å². The van der Waals surface area contributed by atoms with Crippen molar-refractivity contribution in [2.24, 2.45) is 0 Å². The molecule has 0 aliphatic rings. The topological polar surface area (TPSA) is 16.1 Å². The molecule has 0 fully saturated rings. The first-order chi connectivity index (χ1) is 10.2. The smallest absolute Gasteiger partial charge is 0.124 e. The van der Waals surface area contributed by atoms with Gasteiger partial charge in [-0.05, 0) is 60.1 Å². The molecule has 0 saturated carbocycles. The van der Waals surface area contributed by atoms with E-state index in [-0.39, 0.29) is 0 Å². The lowest BCUT2D eigenvalue weighted by Gasteiger charge is -2.22. The van der Waals surface area contributed by atoms with Gasteiger partial charge in [0.05, 0.1) is 15.9 Å². The summed E-state index contributed by atoms with van der Waals surface area (Å²) in [5.41, 5.74) is 3.48. The molecule has 0 radical (unpaired) electrons. The summed E-state index contributed by atoms with van der Waals surface area (Å²) in [4.78, 5) is 7.06. The molecule has 0 aliphatic carbocycles. The van der Waals surface area contributed by atoms with Gasteiger partial charge in [0, 0.05) is 23.1 Å². The zero-order valence-corrected chi connectivity index (χ0v) is 14.5. The highest BCUT2D eigenvalue weighted by atomic mass is 79.9. The first-order valence-electron chi connectivity index (χ1n) is 7.13. The van der Waals surface area contributed by atoms with Gasteiger partial charge < -0.3 is 4.90 Å². The Morgan fingerprint density at radius 3 is 2.52 bits per heavy atom. The van der Waals surface area contributed by atoms with Gasteiger partial charge in [-0.15, -0.1) is 11.3 Å². The van der Waals surface area contributed by atoms with E-state index in [4.69, 9.17) is 4.98 Å². The fourth-order valence-corrected chi connectivity index (χ4v) is 4.05. The Bertz CT molecular complexity index is 729. The minimum absolute atomic E-state index is 1.01. The van der Waals surface area contributed by atoms with Crippen LogP contribution in [0.4, 0.5) is 5.69 Å². The first kappa shape index (κ1) is 14.5. The Labute approximate surface area is 137 Å². The summed E-state index contributed by atoms with van der Waals surface area (Å²) in [6, 6.07) is 14.8. The second-order valence-corrected chi connectivity index (χ2v) is 6.71. The number of benzene rings is 2. The van der Waals surface area contributed by atoms with Crippen molar-refractivity contribution >= 4 is 43.2 Å². The summed E-state index contributed by atoms with van der Waals surface area (Å²) in [7, 11) is 0. The molecule has 2 nitrogen and oxygen atoms in total. The highest BCUT2D eigenvalue weighted by Gasteiger charge is 2.11. The van der Waals surface area contributed by atoms with E-state index in [1.165, 1.54) is 16.0 Å². The SMILES string of the molecule is CCN(CC)c1ccc(-c2nc3ccccc3s2)cc1Br.